The van der Waals surface area contributed by atoms with E-state index >= 15 is 0 Å². The van der Waals surface area contributed by atoms with Crippen molar-refractivity contribution in [1.82, 2.24) is 4.90 Å². The van der Waals surface area contributed by atoms with Gasteiger partial charge in [0.15, 0.2) is 0 Å². The molecule has 0 radical (unpaired) electrons. The molecule has 0 aromatic heterocycles. The molecular weight excluding hydrogens is 350 g/mol. The fourth-order valence-corrected chi connectivity index (χ4v) is 3.15. The topological polar surface area (TPSA) is 63.7 Å². The smallest absolute Gasteiger partial charge is 0.306 e. The van der Waals surface area contributed by atoms with Crippen molar-refractivity contribution in [2.45, 2.75) is 39.7 Å². The Morgan fingerprint density at radius 2 is 2.04 bits per heavy atom. The molecule has 0 aliphatic heterocycles. The van der Waals surface area contributed by atoms with Crippen molar-refractivity contribution in [3.05, 3.63) is 28.8 Å². The van der Waals surface area contributed by atoms with Gasteiger partial charge in [-0.05, 0) is 42.9 Å². The molecule has 7 heteroatoms. The van der Waals surface area contributed by atoms with Crippen LogP contribution in [-0.2, 0) is 21.5 Å². The fourth-order valence-electron chi connectivity index (χ4n) is 2.47. The Morgan fingerprint density at radius 3 is 2.58 bits per heavy atom. The van der Waals surface area contributed by atoms with E-state index in [1.165, 1.54) is 6.07 Å². The number of amides is 1. The number of carbonyl (C=O) groups is 1. The van der Waals surface area contributed by atoms with E-state index in [4.69, 9.17) is 15.8 Å². The van der Waals surface area contributed by atoms with E-state index in [1.807, 2.05) is 13.8 Å². The van der Waals surface area contributed by atoms with Crippen LogP contribution in [0.5, 0.6) is 5.75 Å². The van der Waals surface area contributed by atoms with Gasteiger partial charge in [-0.25, -0.2) is 0 Å². The number of nitrogens with zero attached hydrogens (tertiary/aromatic N) is 1. The summed E-state index contributed by atoms with van der Waals surface area (Å²) in [5.41, 5.74) is 0.602. The molecule has 134 valence electrons. The summed E-state index contributed by atoms with van der Waals surface area (Å²) in [5.74, 6) is 1.10. The summed E-state index contributed by atoms with van der Waals surface area (Å²) < 4.78 is 28.0. The van der Waals surface area contributed by atoms with Gasteiger partial charge < -0.3 is 9.08 Å². The molecule has 1 aromatic carbocycles. The van der Waals surface area contributed by atoms with Gasteiger partial charge in [-0.3, -0.25) is 4.79 Å². The Balaban J connectivity index is 2.23. The van der Waals surface area contributed by atoms with Crippen LogP contribution in [0.3, 0.4) is 0 Å². The summed E-state index contributed by atoms with van der Waals surface area (Å²) in [6, 6.07) is 4.76. The Bertz CT molecular complexity index is 699. The van der Waals surface area contributed by atoms with Crippen molar-refractivity contribution >= 4 is 27.6 Å². The number of hydrogen-bond donors (Lipinski definition) is 0. The zero-order valence-corrected chi connectivity index (χ0v) is 15.9. The average molecular weight is 374 g/mol. The van der Waals surface area contributed by atoms with Crippen LogP contribution in [0.15, 0.2) is 18.2 Å². The van der Waals surface area contributed by atoms with Gasteiger partial charge in [0.05, 0.1) is 6.26 Å². The van der Waals surface area contributed by atoms with Gasteiger partial charge in [0.1, 0.15) is 5.75 Å². The molecule has 24 heavy (non-hydrogen) atoms. The monoisotopic (exact) mass is 373 g/mol. The lowest BCUT2D eigenvalue weighted by Crippen LogP contribution is -2.33. The van der Waals surface area contributed by atoms with Crippen molar-refractivity contribution in [3.8, 4) is 5.75 Å². The Labute approximate surface area is 149 Å². The fraction of sp³-hybridized carbons (Fsp3) is 0.588. The van der Waals surface area contributed by atoms with E-state index in [2.05, 4.69) is 0 Å². The van der Waals surface area contributed by atoms with Crippen LogP contribution < -0.4 is 4.18 Å². The second kappa shape index (κ2) is 7.74. The highest BCUT2D eigenvalue weighted by Gasteiger charge is 2.28. The molecule has 0 saturated heterocycles. The molecular formula is C17H24ClNO4S. The standard InChI is InChI=1S/C17H24ClNO4S/c1-12(2)8-17(20)19(10-13-4-5-13)11-14-9-15(18)6-7-16(14)23-24(3,21)22/h6-7,9,12-13H,4-5,8,10-11H2,1-3H3. The maximum atomic E-state index is 12.5. The van der Waals surface area contributed by atoms with Crippen molar-refractivity contribution in [1.29, 1.82) is 0 Å². The third-order valence-corrected chi connectivity index (χ3v) is 4.45. The van der Waals surface area contributed by atoms with E-state index in [1.54, 1.807) is 17.0 Å². The van der Waals surface area contributed by atoms with Gasteiger partial charge in [0, 0.05) is 30.1 Å². The zero-order valence-electron chi connectivity index (χ0n) is 14.3. The molecule has 0 unspecified atom stereocenters. The van der Waals surface area contributed by atoms with Gasteiger partial charge in [0.2, 0.25) is 5.91 Å². The minimum atomic E-state index is -3.64. The summed E-state index contributed by atoms with van der Waals surface area (Å²) in [4.78, 5) is 14.3. The van der Waals surface area contributed by atoms with Crippen molar-refractivity contribution in [2.75, 3.05) is 12.8 Å². The quantitative estimate of drug-likeness (QED) is 0.654. The highest BCUT2D eigenvalue weighted by molar-refractivity contribution is 7.86. The normalized spacial score (nSPS) is 14.7. The number of hydrogen-bond acceptors (Lipinski definition) is 4. The van der Waals surface area contributed by atoms with E-state index in [0.29, 0.717) is 36.0 Å². The van der Waals surface area contributed by atoms with E-state index < -0.39 is 10.1 Å². The predicted molar refractivity (Wildman–Crippen MR) is 94.5 cm³/mol. The van der Waals surface area contributed by atoms with Gasteiger partial charge in [0.25, 0.3) is 0 Å². The Morgan fingerprint density at radius 1 is 1.38 bits per heavy atom. The second-order valence-corrected chi connectivity index (χ2v) is 8.87. The van der Waals surface area contributed by atoms with Gasteiger partial charge in [-0.15, -0.1) is 0 Å². The molecule has 2 rings (SSSR count). The first-order valence-electron chi connectivity index (χ1n) is 8.09. The molecule has 0 heterocycles. The minimum Gasteiger partial charge on any atom is -0.382 e. The summed E-state index contributed by atoms with van der Waals surface area (Å²) >= 11 is 6.05. The Hall–Kier alpha value is -1.27. The van der Waals surface area contributed by atoms with Gasteiger partial charge >= 0.3 is 10.1 Å². The van der Waals surface area contributed by atoms with E-state index in [-0.39, 0.29) is 17.6 Å². The first kappa shape index (κ1) is 19.1. The van der Waals surface area contributed by atoms with Gasteiger partial charge in [-0.2, -0.15) is 8.42 Å². The molecule has 5 nitrogen and oxygen atoms in total. The first-order chi connectivity index (χ1) is 11.1. The highest BCUT2D eigenvalue weighted by atomic mass is 35.5. The van der Waals surface area contributed by atoms with Crippen LogP contribution in [0.4, 0.5) is 0 Å². The summed E-state index contributed by atoms with van der Waals surface area (Å²) in [7, 11) is -3.64. The molecule has 1 aliphatic rings. The van der Waals surface area contributed by atoms with Crippen molar-refractivity contribution in [3.63, 3.8) is 0 Å². The van der Waals surface area contributed by atoms with Crippen molar-refractivity contribution in [2.24, 2.45) is 11.8 Å². The largest absolute Gasteiger partial charge is 0.382 e. The Kier molecular flexibility index (Phi) is 6.15. The molecule has 0 bridgehead atoms. The average Bonchev–Trinajstić information content (AvgIpc) is 3.23. The molecule has 1 aliphatic carbocycles. The number of benzene rings is 1. The summed E-state index contributed by atoms with van der Waals surface area (Å²) in [6.07, 6.45) is 3.73. The maximum absolute atomic E-state index is 12.5. The van der Waals surface area contributed by atoms with E-state index in [0.717, 1.165) is 19.1 Å². The summed E-state index contributed by atoms with van der Waals surface area (Å²) in [6.45, 7) is 5.00. The second-order valence-electron chi connectivity index (χ2n) is 6.86. The van der Waals surface area contributed by atoms with Crippen LogP contribution >= 0.6 is 11.6 Å². The minimum absolute atomic E-state index is 0.0715. The molecule has 0 atom stereocenters. The molecule has 1 fully saturated rings. The van der Waals surface area contributed by atoms with Crippen molar-refractivity contribution < 1.29 is 17.4 Å². The predicted octanol–water partition coefficient (Wildman–Crippen LogP) is 3.46. The number of rotatable bonds is 8. The zero-order chi connectivity index (χ0) is 17.9. The lowest BCUT2D eigenvalue weighted by Gasteiger charge is -2.25. The molecule has 1 amide bonds. The lowest BCUT2D eigenvalue weighted by atomic mass is 10.1. The van der Waals surface area contributed by atoms with Crippen LogP contribution in [0.25, 0.3) is 0 Å². The highest BCUT2D eigenvalue weighted by Crippen LogP contribution is 2.32. The number of carbonyl (C=O) groups excluding carboxylic acids is 1. The molecule has 1 saturated carbocycles. The van der Waals surface area contributed by atoms with Crippen LogP contribution in [-0.4, -0.2) is 32.0 Å². The van der Waals surface area contributed by atoms with Crippen LogP contribution in [0.1, 0.15) is 38.7 Å². The lowest BCUT2D eigenvalue weighted by molar-refractivity contribution is -0.132. The molecule has 0 spiro atoms. The molecule has 1 aromatic rings. The third kappa shape index (κ3) is 6.32. The molecule has 0 N–H and O–H groups in total. The van der Waals surface area contributed by atoms with Crippen LogP contribution in [0.2, 0.25) is 5.02 Å². The SMILES string of the molecule is CC(C)CC(=O)N(Cc1cc(Cl)ccc1OS(C)(=O)=O)CC1CC1. The number of halogens is 1. The maximum Gasteiger partial charge on any atom is 0.306 e. The summed E-state index contributed by atoms with van der Waals surface area (Å²) in [5, 5.41) is 0.480. The first-order valence-corrected chi connectivity index (χ1v) is 10.3. The van der Waals surface area contributed by atoms with Crippen LogP contribution in [0, 0.1) is 11.8 Å². The van der Waals surface area contributed by atoms with E-state index in [9.17, 15) is 13.2 Å². The van der Waals surface area contributed by atoms with Gasteiger partial charge in [-0.1, -0.05) is 25.4 Å². The third-order valence-electron chi connectivity index (χ3n) is 3.74.